The van der Waals surface area contributed by atoms with E-state index in [0.29, 0.717) is 5.88 Å². The Kier molecular flexibility index (Phi) is 3.64. The summed E-state index contributed by atoms with van der Waals surface area (Å²) in [6.07, 6.45) is 3.68. The summed E-state index contributed by atoms with van der Waals surface area (Å²) in [5.74, 6) is 1.41. The third kappa shape index (κ3) is 2.66. The van der Waals surface area contributed by atoms with E-state index >= 15 is 0 Å². The van der Waals surface area contributed by atoms with Gasteiger partial charge in [-0.1, -0.05) is 6.92 Å². The van der Waals surface area contributed by atoms with Crippen molar-refractivity contribution in [1.29, 1.82) is 0 Å². The molecule has 0 spiro atoms. The van der Waals surface area contributed by atoms with Crippen molar-refractivity contribution in [3.05, 3.63) is 17.6 Å². The molecule has 4 heteroatoms. The highest BCUT2D eigenvalue weighted by molar-refractivity contribution is 5.21. The molecular weight excluding hydrogens is 166 g/mol. The van der Waals surface area contributed by atoms with Gasteiger partial charge in [-0.15, -0.1) is 0 Å². The predicted octanol–water partition coefficient (Wildman–Crippen LogP) is 1.03. The molecule has 0 aliphatic carbocycles. The van der Waals surface area contributed by atoms with Gasteiger partial charge in [0, 0.05) is 18.2 Å². The summed E-state index contributed by atoms with van der Waals surface area (Å²) in [6.45, 7) is 4.15. The Morgan fingerprint density at radius 2 is 2.31 bits per heavy atom. The maximum absolute atomic E-state index is 5.27. The first-order valence-electron chi connectivity index (χ1n) is 4.43. The van der Waals surface area contributed by atoms with Crippen LogP contribution in [0.4, 0.5) is 0 Å². The number of hydrogen-bond donors (Lipinski definition) is 1. The van der Waals surface area contributed by atoms with Gasteiger partial charge in [-0.25, -0.2) is 4.98 Å². The lowest BCUT2D eigenvalue weighted by Gasteiger charge is -2.06. The third-order valence-corrected chi connectivity index (χ3v) is 1.67. The van der Waals surface area contributed by atoms with Gasteiger partial charge in [-0.3, -0.25) is 5.73 Å². The van der Waals surface area contributed by atoms with E-state index in [-0.39, 0.29) is 6.73 Å². The van der Waals surface area contributed by atoms with Gasteiger partial charge in [-0.05, 0) is 13.3 Å². The molecule has 1 rings (SSSR count). The maximum Gasteiger partial charge on any atom is 0.220 e. The smallest absolute Gasteiger partial charge is 0.220 e. The number of hydrogen-bond acceptors (Lipinski definition) is 4. The molecule has 0 bridgehead atoms. The minimum absolute atomic E-state index is 0.156. The summed E-state index contributed by atoms with van der Waals surface area (Å²) in [4.78, 5) is 8.42. The van der Waals surface area contributed by atoms with Gasteiger partial charge in [-0.2, -0.15) is 4.98 Å². The first-order chi connectivity index (χ1) is 6.27. The highest BCUT2D eigenvalue weighted by Gasteiger charge is 2.03. The van der Waals surface area contributed by atoms with Gasteiger partial charge in [0.25, 0.3) is 0 Å². The summed E-state index contributed by atoms with van der Waals surface area (Å²) < 4.78 is 5.15. The van der Waals surface area contributed by atoms with Crippen LogP contribution in [0.2, 0.25) is 0 Å². The Balaban J connectivity index is 2.83. The van der Waals surface area contributed by atoms with Crippen LogP contribution < -0.4 is 10.5 Å². The minimum Gasteiger partial charge on any atom is -0.462 e. The van der Waals surface area contributed by atoms with E-state index in [1.54, 1.807) is 6.20 Å². The van der Waals surface area contributed by atoms with Crippen LogP contribution in [-0.4, -0.2) is 16.7 Å². The van der Waals surface area contributed by atoms with E-state index in [1.807, 2.05) is 6.92 Å². The monoisotopic (exact) mass is 181 g/mol. The van der Waals surface area contributed by atoms with E-state index in [4.69, 9.17) is 10.5 Å². The molecule has 1 heterocycles. The Bertz CT molecular complexity index is 276. The quantitative estimate of drug-likeness (QED) is 0.705. The lowest BCUT2D eigenvalue weighted by Crippen LogP contribution is -2.10. The zero-order valence-electron chi connectivity index (χ0n) is 8.08. The summed E-state index contributed by atoms with van der Waals surface area (Å²) in [7, 11) is 0. The van der Waals surface area contributed by atoms with Gasteiger partial charge < -0.3 is 4.74 Å². The van der Waals surface area contributed by atoms with Crippen LogP contribution in [0.1, 0.15) is 24.7 Å². The van der Waals surface area contributed by atoms with Crippen LogP contribution in [0.3, 0.4) is 0 Å². The van der Waals surface area contributed by atoms with Crippen molar-refractivity contribution in [1.82, 2.24) is 9.97 Å². The SMILES string of the molecule is CCCc1ncc(C)c(OCN)n1. The fourth-order valence-electron chi connectivity index (χ4n) is 1.03. The molecule has 0 saturated heterocycles. The van der Waals surface area contributed by atoms with E-state index in [9.17, 15) is 0 Å². The van der Waals surface area contributed by atoms with Crippen LogP contribution in [-0.2, 0) is 6.42 Å². The molecule has 0 unspecified atom stereocenters. The van der Waals surface area contributed by atoms with Gasteiger partial charge in [0.05, 0.1) is 0 Å². The topological polar surface area (TPSA) is 61.0 Å². The van der Waals surface area contributed by atoms with Crippen LogP contribution in [0.25, 0.3) is 0 Å². The largest absolute Gasteiger partial charge is 0.462 e. The Hall–Kier alpha value is -1.16. The number of nitrogens with two attached hydrogens (primary N) is 1. The lowest BCUT2D eigenvalue weighted by molar-refractivity contribution is 0.312. The molecule has 0 saturated carbocycles. The number of nitrogens with zero attached hydrogens (tertiary/aromatic N) is 2. The van der Waals surface area contributed by atoms with Crippen LogP contribution in [0, 0.1) is 6.92 Å². The normalized spacial score (nSPS) is 10.1. The molecule has 1 aromatic heterocycles. The third-order valence-electron chi connectivity index (χ3n) is 1.67. The molecule has 4 nitrogen and oxygen atoms in total. The van der Waals surface area contributed by atoms with Crippen molar-refractivity contribution < 1.29 is 4.74 Å². The number of aromatic nitrogens is 2. The highest BCUT2D eigenvalue weighted by atomic mass is 16.5. The van der Waals surface area contributed by atoms with Crippen molar-refractivity contribution in [2.45, 2.75) is 26.7 Å². The fourth-order valence-corrected chi connectivity index (χ4v) is 1.03. The lowest BCUT2D eigenvalue weighted by atomic mass is 10.3. The molecule has 72 valence electrons. The highest BCUT2D eigenvalue weighted by Crippen LogP contribution is 2.12. The van der Waals surface area contributed by atoms with Gasteiger partial charge >= 0.3 is 0 Å². The molecule has 0 fully saturated rings. The van der Waals surface area contributed by atoms with E-state index in [0.717, 1.165) is 24.2 Å². The minimum atomic E-state index is 0.156. The zero-order chi connectivity index (χ0) is 9.68. The van der Waals surface area contributed by atoms with Crippen molar-refractivity contribution in [2.24, 2.45) is 5.73 Å². The van der Waals surface area contributed by atoms with Crippen LogP contribution in [0.5, 0.6) is 5.88 Å². The van der Waals surface area contributed by atoms with E-state index in [1.165, 1.54) is 0 Å². The van der Waals surface area contributed by atoms with Crippen LogP contribution in [0.15, 0.2) is 6.20 Å². The summed E-state index contributed by atoms with van der Waals surface area (Å²) >= 11 is 0. The molecule has 0 aliphatic heterocycles. The van der Waals surface area contributed by atoms with Gasteiger partial charge in [0.2, 0.25) is 5.88 Å². The second kappa shape index (κ2) is 4.77. The molecule has 0 aliphatic rings. The van der Waals surface area contributed by atoms with E-state index < -0.39 is 0 Å². The molecule has 0 radical (unpaired) electrons. The number of ether oxygens (including phenoxy) is 1. The number of aryl methyl sites for hydroxylation is 2. The Morgan fingerprint density at radius 1 is 1.54 bits per heavy atom. The average Bonchev–Trinajstić information content (AvgIpc) is 2.12. The van der Waals surface area contributed by atoms with Crippen molar-refractivity contribution in [2.75, 3.05) is 6.73 Å². The first-order valence-corrected chi connectivity index (χ1v) is 4.43. The molecule has 13 heavy (non-hydrogen) atoms. The van der Waals surface area contributed by atoms with Gasteiger partial charge in [0.15, 0.2) is 0 Å². The maximum atomic E-state index is 5.27. The summed E-state index contributed by atoms with van der Waals surface area (Å²) in [6, 6.07) is 0. The van der Waals surface area contributed by atoms with E-state index in [2.05, 4.69) is 16.9 Å². The van der Waals surface area contributed by atoms with Crippen molar-refractivity contribution >= 4 is 0 Å². The molecule has 0 amide bonds. The Labute approximate surface area is 78.1 Å². The second-order valence-corrected chi connectivity index (χ2v) is 2.84. The van der Waals surface area contributed by atoms with Crippen LogP contribution >= 0.6 is 0 Å². The van der Waals surface area contributed by atoms with Crippen molar-refractivity contribution in [3.63, 3.8) is 0 Å². The summed E-state index contributed by atoms with van der Waals surface area (Å²) in [5.41, 5.74) is 6.19. The van der Waals surface area contributed by atoms with Gasteiger partial charge in [0.1, 0.15) is 12.6 Å². The first kappa shape index (κ1) is 9.92. The molecular formula is C9H15N3O. The Morgan fingerprint density at radius 3 is 2.92 bits per heavy atom. The number of rotatable bonds is 4. The fraction of sp³-hybridized carbons (Fsp3) is 0.556. The standard InChI is InChI=1S/C9H15N3O/c1-3-4-8-11-5-7(2)9(12-8)13-6-10/h5H,3-4,6,10H2,1-2H3. The molecule has 0 atom stereocenters. The van der Waals surface area contributed by atoms with Crippen molar-refractivity contribution in [3.8, 4) is 5.88 Å². The molecule has 0 aromatic carbocycles. The zero-order valence-corrected chi connectivity index (χ0v) is 8.08. The summed E-state index contributed by atoms with van der Waals surface area (Å²) in [5, 5.41) is 0. The predicted molar refractivity (Wildman–Crippen MR) is 50.4 cm³/mol. The average molecular weight is 181 g/mol. The molecule has 2 N–H and O–H groups in total. The second-order valence-electron chi connectivity index (χ2n) is 2.84. The molecule has 1 aromatic rings.